The molecular formula is C29H23BrN2O3. The molecule has 1 aliphatic rings. The smallest absolute Gasteiger partial charge is 0.261 e. The van der Waals surface area contributed by atoms with Crippen LogP contribution in [0.25, 0.3) is 10.8 Å². The average Bonchev–Trinajstić information content (AvgIpc) is 2.86. The molecule has 0 bridgehead atoms. The number of nitrogens with zero attached hydrogens (tertiary/aromatic N) is 2. The Morgan fingerprint density at radius 3 is 2.23 bits per heavy atom. The summed E-state index contributed by atoms with van der Waals surface area (Å²) in [6.45, 7) is 4.17. The highest BCUT2D eigenvalue weighted by Gasteiger charge is 2.34. The van der Waals surface area contributed by atoms with Gasteiger partial charge in [-0.1, -0.05) is 64.0 Å². The highest BCUT2D eigenvalue weighted by Crippen LogP contribution is 2.34. The van der Waals surface area contributed by atoms with Crippen LogP contribution in [0.4, 0.5) is 5.69 Å². The van der Waals surface area contributed by atoms with Gasteiger partial charge in [-0.25, -0.2) is 0 Å². The van der Waals surface area contributed by atoms with E-state index in [0.29, 0.717) is 22.1 Å². The summed E-state index contributed by atoms with van der Waals surface area (Å²) in [5.74, 6) is -0.875. The van der Waals surface area contributed by atoms with Crippen molar-refractivity contribution >= 4 is 50.1 Å². The van der Waals surface area contributed by atoms with E-state index in [1.807, 2.05) is 68.4 Å². The number of aryl methyl sites for hydroxylation is 2. The topological polar surface area (TPSA) is 57.7 Å². The van der Waals surface area contributed by atoms with Crippen LogP contribution in [0.5, 0.6) is 0 Å². The summed E-state index contributed by atoms with van der Waals surface area (Å²) in [6, 6.07) is 24.0. The van der Waals surface area contributed by atoms with E-state index in [1.165, 1.54) is 4.90 Å². The summed E-state index contributed by atoms with van der Waals surface area (Å²) in [5.41, 5.74) is 4.28. The monoisotopic (exact) mass is 526 g/mol. The van der Waals surface area contributed by atoms with Crippen molar-refractivity contribution < 1.29 is 14.4 Å². The zero-order chi connectivity index (χ0) is 24.7. The second-order valence-electron chi connectivity index (χ2n) is 8.69. The van der Waals surface area contributed by atoms with Crippen molar-refractivity contribution in [2.45, 2.75) is 13.8 Å². The first kappa shape index (κ1) is 23.0. The van der Waals surface area contributed by atoms with Crippen LogP contribution in [0.15, 0.2) is 83.3 Å². The second-order valence-corrected chi connectivity index (χ2v) is 9.55. The highest BCUT2D eigenvalue weighted by molar-refractivity contribution is 9.10. The van der Waals surface area contributed by atoms with Crippen LogP contribution < -0.4 is 4.90 Å². The van der Waals surface area contributed by atoms with Crippen LogP contribution in [0, 0.1) is 13.8 Å². The van der Waals surface area contributed by atoms with E-state index >= 15 is 0 Å². The Hall–Kier alpha value is -3.77. The first-order valence-electron chi connectivity index (χ1n) is 11.4. The Kier molecular flexibility index (Phi) is 5.99. The van der Waals surface area contributed by atoms with Gasteiger partial charge in [-0.05, 0) is 61.2 Å². The van der Waals surface area contributed by atoms with Gasteiger partial charge in [0.05, 0.1) is 0 Å². The fourth-order valence-corrected chi connectivity index (χ4v) is 5.03. The van der Waals surface area contributed by atoms with Crippen molar-refractivity contribution in [1.29, 1.82) is 0 Å². The molecule has 6 heteroatoms. The van der Waals surface area contributed by atoms with Crippen molar-refractivity contribution in [1.82, 2.24) is 4.90 Å². The zero-order valence-electron chi connectivity index (χ0n) is 19.4. The van der Waals surface area contributed by atoms with Gasteiger partial charge in [0.1, 0.15) is 0 Å². The van der Waals surface area contributed by atoms with Crippen LogP contribution in [0.3, 0.4) is 0 Å². The van der Waals surface area contributed by atoms with Crippen LogP contribution in [0.2, 0.25) is 0 Å². The molecule has 0 saturated carbocycles. The number of rotatable bonds is 5. The quantitative estimate of drug-likeness (QED) is 0.292. The van der Waals surface area contributed by atoms with Crippen molar-refractivity contribution in [2.24, 2.45) is 0 Å². The van der Waals surface area contributed by atoms with E-state index in [2.05, 4.69) is 15.9 Å². The predicted molar refractivity (Wildman–Crippen MR) is 141 cm³/mol. The summed E-state index contributed by atoms with van der Waals surface area (Å²) in [4.78, 5) is 43.3. The fraction of sp³-hybridized carbons (Fsp3) is 0.138. The summed E-state index contributed by atoms with van der Waals surface area (Å²) in [7, 11) is 0. The van der Waals surface area contributed by atoms with Crippen molar-refractivity contribution in [2.75, 3.05) is 18.0 Å². The van der Waals surface area contributed by atoms with Crippen molar-refractivity contribution in [3.8, 4) is 0 Å². The summed E-state index contributed by atoms with van der Waals surface area (Å²) in [6.07, 6.45) is 0. The van der Waals surface area contributed by atoms with Crippen LogP contribution in [0.1, 0.15) is 42.2 Å². The molecule has 1 aliphatic heterocycles. The molecule has 35 heavy (non-hydrogen) atoms. The zero-order valence-corrected chi connectivity index (χ0v) is 21.0. The summed E-state index contributed by atoms with van der Waals surface area (Å²) < 4.78 is 0.835. The van der Waals surface area contributed by atoms with Gasteiger partial charge in [0.2, 0.25) is 0 Å². The molecule has 1 heterocycles. The maximum atomic E-state index is 13.6. The molecule has 3 amide bonds. The van der Waals surface area contributed by atoms with Crippen LogP contribution >= 0.6 is 15.9 Å². The maximum absolute atomic E-state index is 13.6. The number of amides is 3. The normalized spacial score (nSPS) is 12.8. The van der Waals surface area contributed by atoms with Crippen LogP contribution in [-0.2, 0) is 0 Å². The lowest BCUT2D eigenvalue weighted by atomic mass is 9.94. The Morgan fingerprint density at radius 2 is 1.51 bits per heavy atom. The lowest BCUT2D eigenvalue weighted by molar-refractivity contribution is 0.0611. The Morgan fingerprint density at radius 1 is 0.829 bits per heavy atom. The van der Waals surface area contributed by atoms with E-state index in [9.17, 15) is 14.4 Å². The van der Waals surface area contributed by atoms with Gasteiger partial charge in [-0.2, -0.15) is 0 Å². The lowest BCUT2D eigenvalue weighted by Gasteiger charge is -2.31. The molecule has 0 N–H and O–H groups in total. The molecule has 4 aromatic carbocycles. The molecule has 0 unspecified atom stereocenters. The predicted octanol–water partition coefficient (Wildman–Crippen LogP) is 6.16. The minimum Gasteiger partial charge on any atom is -0.306 e. The number of carbonyl (C=O) groups is 3. The molecule has 0 radical (unpaired) electrons. The SMILES string of the molecule is Cc1ccc(C(=O)N(CCN2C(=O)c3cccc4c(Br)ccc(c34)C2=O)c2ccccc2C)cc1. The van der Waals surface area contributed by atoms with Gasteiger partial charge < -0.3 is 4.90 Å². The molecule has 0 saturated heterocycles. The molecule has 0 atom stereocenters. The number of para-hydroxylation sites is 1. The standard InChI is InChI=1S/C29H23BrN2O3/c1-18-10-12-20(13-11-18)27(33)31(25-9-4-3-6-19(25)2)16-17-32-28(34)22-8-5-7-21-24(30)15-14-23(26(21)22)29(32)35/h3-15H,16-17H2,1-2H3. The van der Waals surface area contributed by atoms with Gasteiger partial charge >= 0.3 is 0 Å². The molecule has 5 nitrogen and oxygen atoms in total. The third kappa shape index (κ3) is 4.04. The number of anilines is 1. The first-order chi connectivity index (χ1) is 16.9. The largest absolute Gasteiger partial charge is 0.306 e. The van der Waals surface area contributed by atoms with E-state index in [1.54, 1.807) is 29.2 Å². The third-order valence-electron chi connectivity index (χ3n) is 6.44. The second kappa shape index (κ2) is 9.12. The molecule has 0 fully saturated rings. The Balaban J connectivity index is 1.49. The van der Waals surface area contributed by atoms with E-state index < -0.39 is 0 Å². The lowest BCUT2D eigenvalue weighted by Crippen LogP contribution is -2.46. The first-order valence-corrected chi connectivity index (χ1v) is 12.2. The van der Waals surface area contributed by atoms with Crippen molar-refractivity contribution in [3.63, 3.8) is 0 Å². The molecule has 5 rings (SSSR count). The van der Waals surface area contributed by atoms with Gasteiger partial charge in [0.25, 0.3) is 17.7 Å². The Labute approximate surface area is 212 Å². The number of carbonyl (C=O) groups excluding carboxylic acids is 3. The molecule has 4 aromatic rings. The minimum atomic E-state index is -0.348. The average molecular weight is 527 g/mol. The maximum Gasteiger partial charge on any atom is 0.261 e. The van der Waals surface area contributed by atoms with E-state index in [0.717, 1.165) is 26.7 Å². The molecular weight excluding hydrogens is 504 g/mol. The number of hydrogen-bond donors (Lipinski definition) is 0. The number of hydrogen-bond acceptors (Lipinski definition) is 3. The van der Waals surface area contributed by atoms with Gasteiger partial charge in [0, 0.05) is 45.3 Å². The number of imide groups is 1. The van der Waals surface area contributed by atoms with Crippen molar-refractivity contribution in [3.05, 3.63) is 111 Å². The van der Waals surface area contributed by atoms with E-state index in [4.69, 9.17) is 0 Å². The summed E-state index contributed by atoms with van der Waals surface area (Å²) >= 11 is 3.52. The molecule has 0 spiro atoms. The van der Waals surface area contributed by atoms with Gasteiger partial charge in [-0.3, -0.25) is 19.3 Å². The molecule has 0 aliphatic carbocycles. The third-order valence-corrected chi connectivity index (χ3v) is 7.13. The Bertz CT molecular complexity index is 1470. The summed E-state index contributed by atoms with van der Waals surface area (Å²) in [5, 5.41) is 1.50. The minimum absolute atomic E-state index is 0.0789. The number of benzene rings is 4. The number of halogens is 1. The fourth-order valence-electron chi connectivity index (χ4n) is 4.56. The molecule has 174 valence electrons. The van der Waals surface area contributed by atoms with E-state index in [-0.39, 0.29) is 30.8 Å². The van der Waals surface area contributed by atoms with Gasteiger partial charge in [-0.15, -0.1) is 0 Å². The highest BCUT2D eigenvalue weighted by atomic mass is 79.9. The molecule has 0 aromatic heterocycles. The van der Waals surface area contributed by atoms with Crippen LogP contribution in [-0.4, -0.2) is 35.7 Å². The van der Waals surface area contributed by atoms with Gasteiger partial charge in [0.15, 0.2) is 0 Å².